The fourth-order valence-corrected chi connectivity index (χ4v) is 4.95. The Morgan fingerprint density at radius 3 is 2.76 bits per heavy atom. The molecule has 3 aromatic rings. The summed E-state index contributed by atoms with van der Waals surface area (Å²) >= 11 is 0. The number of aryl methyl sites for hydroxylation is 1. The number of benzene rings is 1. The molecule has 2 aromatic heterocycles. The molecule has 0 saturated carbocycles. The first-order chi connectivity index (χ1) is 16.0. The zero-order valence-corrected chi connectivity index (χ0v) is 19.0. The van der Waals surface area contributed by atoms with Crippen molar-refractivity contribution in [2.24, 2.45) is 13.0 Å². The smallest absolute Gasteiger partial charge is 0.228 e. The molecular weight excluding hydrogens is 420 g/mol. The predicted molar refractivity (Wildman–Crippen MR) is 122 cm³/mol. The lowest BCUT2D eigenvalue weighted by atomic mass is 10.1. The summed E-state index contributed by atoms with van der Waals surface area (Å²) in [6.07, 6.45) is 4.95. The van der Waals surface area contributed by atoms with E-state index in [0.717, 1.165) is 36.4 Å². The average molecular weight is 449 g/mol. The highest BCUT2D eigenvalue weighted by Gasteiger charge is 2.38. The molecule has 1 aliphatic carbocycles. The van der Waals surface area contributed by atoms with E-state index in [1.54, 1.807) is 23.2 Å². The van der Waals surface area contributed by atoms with Gasteiger partial charge >= 0.3 is 0 Å². The lowest BCUT2D eigenvalue weighted by Crippen LogP contribution is -2.37. The van der Waals surface area contributed by atoms with Crippen LogP contribution in [0.15, 0.2) is 47.1 Å². The van der Waals surface area contributed by atoms with Gasteiger partial charge in [0, 0.05) is 31.4 Å². The van der Waals surface area contributed by atoms with Gasteiger partial charge in [-0.1, -0.05) is 0 Å². The SMILES string of the molecule is COc1ccc(N2CC(C(=O)N(Cc3ccco3)Cc3nn(C)c4c3CCC4)CC2=O)cc1. The summed E-state index contributed by atoms with van der Waals surface area (Å²) in [4.78, 5) is 29.9. The van der Waals surface area contributed by atoms with E-state index < -0.39 is 5.92 Å². The lowest BCUT2D eigenvalue weighted by Gasteiger charge is -2.24. The summed E-state index contributed by atoms with van der Waals surface area (Å²) in [6.45, 7) is 1.12. The standard InChI is InChI=1S/C25H28N4O4/c1-27-23-7-3-6-21(23)22(26-27)16-28(15-20-5-4-12-33-20)25(31)17-13-24(30)29(14-17)18-8-10-19(32-2)11-9-18/h4-5,8-12,17H,3,6-7,13-16H2,1-2H3. The molecule has 0 radical (unpaired) electrons. The maximum atomic E-state index is 13.7. The number of fused-ring (bicyclic) bond motifs is 1. The van der Waals surface area contributed by atoms with Gasteiger partial charge in [0.1, 0.15) is 11.5 Å². The van der Waals surface area contributed by atoms with E-state index in [4.69, 9.17) is 14.3 Å². The minimum absolute atomic E-state index is 0.0461. The van der Waals surface area contributed by atoms with Gasteiger partial charge in [0.25, 0.3) is 0 Å². The minimum atomic E-state index is -0.411. The van der Waals surface area contributed by atoms with E-state index in [9.17, 15) is 9.59 Å². The van der Waals surface area contributed by atoms with Crippen LogP contribution in [0.3, 0.4) is 0 Å². The van der Waals surface area contributed by atoms with Crippen molar-refractivity contribution in [3.05, 3.63) is 65.4 Å². The highest BCUT2D eigenvalue weighted by Crippen LogP contribution is 2.30. The Balaban J connectivity index is 1.36. The first-order valence-corrected chi connectivity index (χ1v) is 11.3. The molecule has 1 unspecified atom stereocenters. The summed E-state index contributed by atoms with van der Waals surface area (Å²) in [5.41, 5.74) is 4.24. The summed E-state index contributed by atoms with van der Waals surface area (Å²) in [5, 5.41) is 4.71. The Labute approximate surface area is 192 Å². The number of carbonyl (C=O) groups is 2. The lowest BCUT2D eigenvalue weighted by molar-refractivity contribution is -0.137. The van der Waals surface area contributed by atoms with E-state index >= 15 is 0 Å². The minimum Gasteiger partial charge on any atom is -0.497 e. The second-order valence-electron chi connectivity index (χ2n) is 8.73. The molecule has 3 heterocycles. The van der Waals surface area contributed by atoms with E-state index in [-0.39, 0.29) is 18.2 Å². The van der Waals surface area contributed by atoms with Gasteiger partial charge in [0.2, 0.25) is 11.8 Å². The monoisotopic (exact) mass is 448 g/mol. The van der Waals surface area contributed by atoms with Gasteiger partial charge in [0.15, 0.2) is 0 Å². The zero-order chi connectivity index (χ0) is 22.9. The average Bonchev–Trinajstić information content (AvgIpc) is 3.61. The largest absolute Gasteiger partial charge is 0.497 e. The van der Waals surface area contributed by atoms with Crippen molar-refractivity contribution in [2.75, 3.05) is 18.6 Å². The van der Waals surface area contributed by atoms with E-state index in [1.807, 2.05) is 48.1 Å². The number of anilines is 1. The van der Waals surface area contributed by atoms with Gasteiger partial charge in [0.05, 0.1) is 38.1 Å². The fraction of sp³-hybridized carbons (Fsp3) is 0.400. The molecule has 1 atom stereocenters. The van der Waals surface area contributed by atoms with Gasteiger partial charge in [-0.05, 0) is 61.2 Å². The third kappa shape index (κ3) is 4.13. The van der Waals surface area contributed by atoms with Crippen molar-refractivity contribution in [1.29, 1.82) is 0 Å². The number of hydrogen-bond acceptors (Lipinski definition) is 5. The molecule has 2 amide bonds. The zero-order valence-electron chi connectivity index (χ0n) is 19.0. The molecule has 1 fully saturated rings. The number of rotatable bonds is 7. The maximum absolute atomic E-state index is 13.7. The van der Waals surface area contributed by atoms with E-state index in [0.29, 0.717) is 25.4 Å². The number of amides is 2. The summed E-state index contributed by atoms with van der Waals surface area (Å²) < 4.78 is 12.7. The number of furan rings is 1. The second kappa shape index (κ2) is 8.77. The van der Waals surface area contributed by atoms with Crippen molar-refractivity contribution in [2.45, 2.75) is 38.8 Å². The molecule has 5 rings (SSSR count). The first-order valence-electron chi connectivity index (χ1n) is 11.3. The number of ether oxygens (including phenoxy) is 1. The molecule has 8 nitrogen and oxygen atoms in total. The first kappa shape index (κ1) is 21.3. The molecule has 1 aromatic carbocycles. The summed E-state index contributed by atoms with van der Waals surface area (Å²) in [6, 6.07) is 11.0. The number of nitrogens with zero attached hydrogens (tertiary/aromatic N) is 4. The maximum Gasteiger partial charge on any atom is 0.228 e. The van der Waals surface area contributed by atoms with Crippen LogP contribution in [-0.4, -0.2) is 40.1 Å². The highest BCUT2D eigenvalue weighted by atomic mass is 16.5. The summed E-state index contributed by atoms with van der Waals surface area (Å²) in [5.74, 6) is 0.937. The second-order valence-corrected chi connectivity index (χ2v) is 8.73. The third-order valence-electron chi connectivity index (χ3n) is 6.64. The normalized spacial score (nSPS) is 17.5. The molecule has 8 heteroatoms. The van der Waals surface area contributed by atoms with Crippen LogP contribution in [0.2, 0.25) is 0 Å². The molecule has 1 saturated heterocycles. The van der Waals surface area contributed by atoms with Crippen LogP contribution in [-0.2, 0) is 42.6 Å². The molecule has 2 aliphatic rings. The van der Waals surface area contributed by atoms with Gasteiger partial charge < -0.3 is 19.0 Å². The number of carbonyl (C=O) groups excluding carboxylic acids is 2. The van der Waals surface area contributed by atoms with E-state index in [2.05, 4.69) is 0 Å². The van der Waals surface area contributed by atoms with Crippen LogP contribution in [0.4, 0.5) is 5.69 Å². The van der Waals surface area contributed by atoms with E-state index in [1.165, 1.54) is 11.3 Å². The highest BCUT2D eigenvalue weighted by molar-refractivity contribution is 6.00. The van der Waals surface area contributed by atoms with Crippen molar-refractivity contribution >= 4 is 17.5 Å². The van der Waals surface area contributed by atoms with Crippen LogP contribution in [0.5, 0.6) is 5.75 Å². The quantitative estimate of drug-likeness (QED) is 0.555. The van der Waals surface area contributed by atoms with Gasteiger partial charge in [-0.3, -0.25) is 14.3 Å². The molecule has 0 spiro atoms. The molecule has 0 N–H and O–H groups in total. The molecule has 172 valence electrons. The summed E-state index contributed by atoms with van der Waals surface area (Å²) in [7, 11) is 3.57. The molecular formula is C25H28N4O4. The van der Waals surface area contributed by atoms with Crippen LogP contribution >= 0.6 is 0 Å². The Bertz CT molecular complexity index is 1150. The van der Waals surface area contributed by atoms with Crippen LogP contribution < -0.4 is 9.64 Å². The Kier molecular flexibility index (Phi) is 5.66. The number of methoxy groups -OCH3 is 1. The molecule has 33 heavy (non-hydrogen) atoms. The Morgan fingerprint density at radius 1 is 1.21 bits per heavy atom. The van der Waals surface area contributed by atoms with Crippen LogP contribution in [0, 0.1) is 5.92 Å². The van der Waals surface area contributed by atoms with Gasteiger partial charge in [-0.2, -0.15) is 5.10 Å². The predicted octanol–water partition coefficient (Wildman–Crippen LogP) is 3.09. The van der Waals surface area contributed by atoms with Crippen molar-refractivity contribution in [3.8, 4) is 5.75 Å². The fourth-order valence-electron chi connectivity index (χ4n) is 4.95. The van der Waals surface area contributed by atoms with Crippen LogP contribution in [0.25, 0.3) is 0 Å². The van der Waals surface area contributed by atoms with Gasteiger partial charge in [-0.25, -0.2) is 0 Å². The number of hydrogen-bond donors (Lipinski definition) is 0. The van der Waals surface area contributed by atoms with Crippen LogP contribution in [0.1, 0.15) is 35.6 Å². The topological polar surface area (TPSA) is 80.8 Å². The van der Waals surface area contributed by atoms with Crippen molar-refractivity contribution in [3.63, 3.8) is 0 Å². The van der Waals surface area contributed by atoms with Crippen molar-refractivity contribution in [1.82, 2.24) is 14.7 Å². The number of aromatic nitrogens is 2. The third-order valence-corrected chi connectivity index (χ3v) is 6.64. The Hall–Kier alpha value is -3.55. The van der Waals surface area contributed by atoms with Gasteiger partial charge in [-0.15, -0.1) is 0 Å². The Morgan fingerprint density at radius 2 is 2.03 bits per heavy atom. The molecule has 0 bridgehead atoms. The van der Waals surface area contributed by atoms with Crippen molar-refractivity contribution < 1.29 is 18.7 Å². The molecule has 1 aliphatic heterocycles.